The summed E-state index contributed by atoms with van der Waals surface area (Å²) in [7, 11) is 0. The van der Waals surface area contributed by atoms with Gasteiger partial charge in [-0.05, 0) is 33.6 Å². The van der Waals surface area contributed by atoms with Gasteiger partial charge in [-0.2, -0.15) is 0 Å². The van der Waals surface area contributed by atoms with E-state index >= 15 is 0 Å². The first-order chi connectivity index (χ1) is 14.6. The highest BCUT2D eigenvalue weighted by atomic mass is 16.7. The Kier molecular flexibility index (Phi) is 10.5. The molecule has 2 aliphatic heterocycles. The normalized spacial score (nSPS) is 39.4. The summed E-state index contributed by atoms with van der Waals surface area (Å²) < 4.78 is 21.6. The standard InChI is InChI=1S/C21H36O10/c1-11(2)5-4-6-12(3)7-8-28-21-19(27)17(25)16(24)14(31-21)10-30-20-18(26)15(23)13(22)9-29-20/h5,7,13-27H,4,6,8-10H2,1-3H3/b12-7+/t13-,14-,15-,16-,17+,18+,19-,20+,21+/m1/s1. The zero-order chi connectivity index (χ0) is 23.1. The first kappa shape index (κ1) is 26.3. The number of hydrogen-bond acceptors (Lipinski definition) is 10. The van der Waals surface area contributed by atoms with Gasteiger partial charge in [0.2, 0.25) is 0 Å². The Hall–Kier alpha value is -0.920. The van der Waals surface area contributed by atoms with Gasteiger partial charge in [0, 0.05) is 0 Å². The van der Waals surface area contributed by atoms with Crippen LogP contribution in [0, 0.1) is 0 Å². The molecular formula is C21H36O10. The smallest absolute Gasteiger partial charge is 0.187 e. The van der Waals surface area contributed by atoms with Crippen LogP contribution in [0.2, 0.25) is 0 Å². The van der Waals surface area contributed by atoms with E-state index in [1.165, 1.54) is 5.57 Å². The van der Waals surface area contributed by atoms with Crippen molar-refractivity contribution in [2.24, 2.45) is 0 Å². The number of aliphatic hydroxyl groups is 6. The molecule has 0 spiro atoms. The van der Waals surface area contributed by atoms with Crippen molar-refractivity contribution in [3.05, 3.63) is 23.3 Å². The van der Waals surface area contributed by atoms with Crippen LogP contribution in [0.4, 0.5) is 0 Å². The summed E-state index contributed by atoms with van der Waals surface area (Å²) in [5.74, 6) is 0. The lowest BCUT2D eigenvalue weighted by molar-refractivity contribution is -0.319. The zero-order valence-corrected chi connectivity index (χ0v) is 18.2. The van der Waals surface area contributed by atoms with Crippen LogP contribution in [0.5, 0.6) is 0 Å². The van der Waals surface area contributed by atoms with Crippen molar-refractivity contribution in [1.82, 2.24) is 0 Å². The van der Waals surface area contributed by atoms with Gasteiger partial charge in [-0.1, -0.05) is 23.3 Å². The van der Waals surface area contributed by atoms with Crippen molar-refractivity contribution in [2.45, 2.75) is 88.9 Å². The van der Waals surface area contributed by atoms with E-state index in [-0.39, 0.29) is 19.8 Å². The lowest BCUT2D eigenvalue weighted by Gasteiger charge is -2.41. The van der Waals surface area contributed by atoms with Crippen LogP contribution >= 0.6 is 0 Å². The van der Waals surface area contributed by atoms with Gasteiger partial charge in [0.05, 0.1) is 19.8 Å². The molecule has 0 unspecified atom stereocenters. The van der Waals surface area contributed by atoms with Gasteiger partial charge in [0.15, 0.2) is 12.6 Å². The van der Waals surface area contributed by atoms with Gasteiger partial charge < -0.3 is 49.6 Å². The minimum Gasteiger partial charge on any atom is -0.388 e. The van der Waals surface area contributed by atoms with Gasteiger partial charge in [0.1, 0.15) is 42.7 Å². The molecule has 0 bridgehead atoms. The molecule has 0 amide bonds. The molecule has 0 aromatic heterocycles. The summed E-state index contributed by atoms with van der Waals surface area (Å²) in [6.07, 6.45) is -6.36. The second-order valence-corrected chi connectivity index (χ2v) is 8.30. The summed E-state index contributed by atoms with van der Waals surface area (Å²) in [4.78, 5) is 0. The second kappa shape index (κ2) is 12.4. The highest BCUT2D eigenvalue weighted by Gasteiger charge is 2.45. The van der Waals surface area contributed by atoms with Gasteiger partial charge in [0.25, 0.3) is 0 Å². The van der Waals surface area contributed by atoms with Gasteiger partial charge in [-0.3, -0.25) is 0 Å². The molecule has 2 heterocycles. The maximum atomic E-state index is 10.2. The van der Waals surface area contributed by atoms with E-state index in [2.05, 4.69) is 6.08 Å². The molecule has 0 saturated carbocycles. The summed E-state index contributed by atoms with van der Waals surface area (Å²) in [6.45, 7) is 5.65. The molecule has 180 valence electrons. The Bertz CT molecular complexity index is 605. The Morgan fingerprint density at radius 1 is 0.839 bits per heavy atom. The van der Waals surface area contributed by atoms with Crippen LogP contribution in [0.25, 0.3) is 0 Å². The molecule has 2 rings (SSSR count). The van der Waals surface area contributed by atoms with Crippen molar-refractivity contribution in [1.29, 1.82) is 0 Å². The molecule has 10 heteroatoms. The van der Waals surface area contributed by atoms with Crippen LogP contribution < -0.4 is 0 Å². The third-order valence-electron chi connectivity index (χ3n) is 5.33. The Balaban J connectivity index is 1.86. The summed E-state index contributed by atoms with van der Waals surface area (Å²) in [5.41, 5.74) is 2.35. The molecule has 9 atom stereocenters. The number of aliphatic hydroxyl groups excluding tert-OH is 6. The second-order valence-electron chi connectivity index (χ2n) is 8.30. The van der Waals surface area contributed by atoms with Crippen molar-refractivity contribution in [3.8, 4) is 0 Å². The molecular weight excluding hydrogens is 412 g/mol. The first-order valence-electron chi connectivity index (χ1n) is 10.5. The average Bonchev–Trinajstić information content (AvgIpc) is 2.72. The van der Waals surface area contributed by atoms with Crippen LogP contribution in [-0.4, -0.2) is 106 Å². The minimum atomic E-state index is -1.53. The third kappa shape index (κ3) is 7.57. The SMILES string of the molecule is CC(C)=CCC/C(C)=C/CO[C@H]1O[C@H](CO[C@@H]2OC[C@@H](O)[C@@H](O)[C@@H]2O)[C@@H](O)[C@H](O)[C@H]1O. The average molecular weight is 449 g/mol. The van der Waals surface area contributed by atoms with Crippen molar-refractivity contribution in [3.63, 3.8) is 0 Å². The number of allylic oxidation sites excluding steroid dienone is 3. The molecule has 2 saturated heterocycles. The lowest BCUT2D eigenvalue weighted by atomic mass is 9.99. The fraction of sp³-hybridized carbons (Fsp3) is 0.810. The number of rotatable bonds is 9. The summed E-state index contributed by atoms with van der Waals surface area (Å²) in [6, 6.07) is 0. The molecule has 2 fully saturated rings. The van der Waals surface area contributed by atoms with E-state index in [1.807, 2.05) is 26.8 Å². The predicted octanol–water partition coefficient (Wildman–Crippen LogP) is -1.04. The summed E-state index contributed by atoms with van der Waals surface area (Å²) >= 11 is 0. The van der Waals surface area contributed by atoms with Gasteiger partial charge in [-0.15, -0.1) is 0 Å². The maximum Gasteiger partial charge on any atom is 0.187 e. The van der Waals surface area contributed by atoms with Gasteiger partial charge >= 0.3 is 0 Å². The molecule has 6 N–H and O–H groups in total. The van der Waals surface area contributed by atoms with Crippen molar-refractivity contribution in [2.75, 3.05) is 19.8 Å². The van der Waals surface area contributed by atoms with E-state index < -0.39 is 55.3 Å². The van der Waals surface area contributed by atoms with E-state index in [4.69, 9.17) is 18.9 Å². The van der Waals surface area contributed by atoms with Crippen molar-refractivity contribution >= 4 is 0 Å². The predicted molar refractivity (Wildman–Crippen MR) is 109 cm³/mol. The molecule has 0 aromatic rings. The van der Waals surface area contributed by atoms with Crippen LogP contribution in [0.3, 0.4) is 0 Å². The Morgan fingerprint density at radius 2 is 1.52 bits per heavy atom. The molecule has 2 aliphatic rings. The van der Waals surface area contributed by atoms with Gasteiger partial charge in [-0.25, -0.2) is 0 Å². The van der Waals surface area contributed by atoms with E-state index in [0.29, 0.717) is 0 Å². The maximum absolute atomic E-state index is 10.2. The Labute approximate surface area is 182 Å². The topological polar surface area (TPSA) is 158 Å². The molecule has 31 heavy (non-hydrogen) atoms. The first-order valence-corrected chi connectivity index (χ1v) is 10.5. The van der Waals surface area contributed by atoms with E-state index in [0.717, 1.165) is 18.4 Å². The molecule has 0 radical (unpaired) electrons. The fourth-order valence-electron chi connectivity index (χ4n) is 3.28. The monoisotopic (exact) mass is 448 g/mol. The molecule has 10 nitrogen and oxygen atoms in total. The summed E-state index contributed by atoms with van der Waals surface area (Å²) in [5, 5.41) is 59.6. The minimum absolute atomic E-state index is 0.146. The van der Waals surface area contributed by atoms with E-state index in [1.54, 1.807) is 0 Å². The number of hydrogen-bond donors (Lipinski definition) is 6. The van der Waals surface area contributed by atoms with Crippen LogP contribution in [0.15, 0.2) is 23.3 Å². The lowest BCUT2D eigenvalue weighted by Crippen LogP contribution is -2.60. The van der Waals surface area contributed by atoms with Crippen LogP contribution in [0.1, 0.15) is 33.6 Å². The molecule has 0 aliphatic carbocycles. The third-order valence-corrected chi connectivity index (χ3v) is 5.33. The fourth-order valence-corrected chi connectivity index (χ4v) is 3.28. The Morgan fingerprint density at radius 3 is 2.19 bits per heavy atom. The highest BCUT2D eigenvalue weighted by molar-refractivity contribution is 5.02. The highest BCUT2D eigenvalue weighted by Crippen LogP contribution is 2.24. The number of ether oxygens (including phenoxy) is 4. The van der Waals surface area contributed by atoms with E-state index in [9.17, 15) is 30.6 Å². The quantitative estimate of drug-likeness (QED) is 0.241. The van der Waals surface area contributed by atoms with Crippen molar-refractivity contribution < 1.29 is 49.6 Å². The largest absolute Gasteiger partial charge is 0.388 e. The molecule has 0 aromatic carbocycles. The zero-order valence-electron chi connectivity index (χ0n) is 18.2. The van der Waals surface area contributed by atoms with Crippen LogP contribution in [-0.2, 0) is 18.9 Å².